The van der Waals surface area contributed by atoms with Crippen molar-refractivity contribution in [1.82, 2.24) is 10.2 Å². The molecule has 4 atom stereocenters. The summed E-state index contributed by atoms with van der Waals surface area (Å²) in [5.41, 5.74) is 11.1. The lowest BCUT2D eigenvalue weighted by atomic mass is 9.89. The number of likely N-dealkylation sites (N-methyl/N-ethyl adjacent to an activating group) is 1. The van der Waals surface area contributed by atoms with Gasteiger partial charge in [-0.05, 0) is 96.3 Å². The number of aromatic hydroxyl groups is 2. The number of nitrogens with zero attached hydrogens (tertiary/aromatic N) is 1. The fourth-order valence-electron chi connectivity index (χ4n) is 7.67. The Balaban J connectivity index is 1.37. The van der Waals surface area contributed by atoms with Crippen LogP contribution in [0.25, 0.3) is 11.1 Å². The molecule has 0 aliphatic heterocycles. The van der Waals surface area contributed by atoms with Crippen molar-refractivity contribution in [1.29, 1.82) is 0 Å². The Labute approximate surface area is 370 Å². The fraction of sp³-hybridized carbons (Fsp3) is 0.412. The topological polar surface area (TPSA) is 204 Å². The average molecular weight is 862 g/mol. The number of unbranched alkanes of at least 4 members (excludes halogenated alkanes) is 2. The van der Waals surface area contributed by atoms with Gasteiger partial charge in [-0.3, -0.25) is 24.0 Å². The van der Waals surface area contributed by atoms with Crippen LogP contribution in [0.1, 0.15) is 106 Å². The molecule has 0 aromatic heterocycles. The molecule has 6 N–H and O–H groups in total. The number of nitrogens with one attached hydrogen (secondary N) is 1. The number of carboxylic acids is 1. The van der Waals surface area contributed by atoms with Gasteiger partial charge in [0.05, 0.1) is 0 Å². The fourth-order valence-corrected chi connectivity index (χ4v) is 7.67. The molecule has 4 rings (SSSR count). The van der Waals surface area contributed by atoms with Crippen LogP contribution in [0.2, 0.25) is 0 Å². The predicted molar refractivity (Wildman–Crippen MR) is 243 cm³/mol. The molecule has 0 radical (unpaired) electrons. The summed E-state index contributed by atoms with van der Waals surface area (Å²) >= 11 is 0. The molecule has 0 unspecified atom stereocenters. The molecule has 0 aliphatic carbocycles. The van der Waals surface area contributed by atoms with Crippen LogP contribution >= 0.6 is 0 Å². The molecule has 0 fully saturated rings. The van der Waals surface area contributed by atoms with Gasteiger partial charge in [-0.25, -0.2) is 4.79 Å². The van der Waals surface area contributed by atoms with Crippen LogP contribution in [0.5, 0.6) is 11.5 Å². The Kier molecular flexibility index (Phi) is 19.7. The minimum absolute atomic E-state index is 0.0127. The van der Waals surface area contributed by atoms with E-state index in [1.807, 2.05) is 24.3 Å². The second-order valence-corrected chi connectivity index (χ2v) is 16.6. The number of nitrogens with two attached hydrogens (primary N) is 1. The maximum atomic E-state index is 14.3. The van der Waals surface area contributed by atoms with E-state index in [0.29, 0.717) is 43.4 Å². The third-order valence-electron chi connectivity index (χ3n) is 11.4. The van der Waals surface area contributed by atoms with Gasteiger partial charge in [0.2, 0.25) is 11.8 Å². The van der Waals surface area contributed by atoms with Crippen molar-refractivity contribution in [2.75, 3.05) is 13.6 Å². The molecular formula is C51H63N3O9. The zero-order chi connectivity index (χ0) is 45.9. The smallest absolute Gasteiger partial charge is 0.326 e. The number of carboxylic acid groups (broad SMARTS) is 1. The van der Waals surface area contributed by atoms with Crippen molar-refractivity contribution in [3.8, 4) is 22.6 Å². The summed E-state index contributed by atoms with van der Waals surface area (Å²) < 4.78 is 0. The minimum Gasteiger partial charge on any atom is -0.508 e. The number of aliphatic carboxylic acids is 1. The number of phenolic OH excluding ortho intramolecular Hbond substituents is 2. The van der Waals surface area contributed by atoms with Gasteiger partial charge < -0.3 is 31.3 Å². The second kappa shape index (κ2) is 25.1. The molecule has 12 nitrogen and oxygen atoms in total. The lowest BCUT2D eigenvalue weighted by Crippen LogP contribution is -2.45. The van der Waals surface area contributed by atoms with Crippen molar-refractivity contribution in [2.24, 2.45) is 17.6 Å². The summed E-state index contributed by atoms with van der Waals surface area (Å²) in [6, 6.07) is 25.7. The van der Waals surface area contributed by atoms with Crippen molar-refractivity contribution in [3.05, 3.63) is 119 Å². The molecule has 4 aromatic carbocycles. The number of benzene rings is 4. The van der Waals surface area contributed by atoms with E-state index in [9.17, 15) is 44.1 Å². The Morgan fingerprint density at radius 3 is 1.81 bits per heavy atom. The zero-order valence-electron chi connectivity index (χ0n) is 36.8. The number of phenols is 2. The molecule has 336 valence electrons. The molecule has 12 heteroatoms. The van der Waals surface area contributed by atoms with Crippen molar-refractivity contribution in [2.45, 2.75) is 109 Å². The van der Waals surface area contributed by atoms with E-state index in [1.165, 1.54) is 60.8 Å². The monoisotopic (exact) mass is 861 g/mol. The van der Waals surface area contributed by atoms with Crippen molar-refractivity contribution < 1.29 is 44.1 Å². The standard InChI is InChI=1S/C51H63N3O9/c1-4-5-9-35-13-19-38(20-14-35)39-21-15-36(16-22-39)31-44(57)11-8-12-45(58)33-41(10-6-7-29-52)50(61)54(3)48(40-23-27-43(56)28-24-40)47(59)30-34(2)49(60)53-46(51(62)63)32-37-17-25-42(55)26-18-37/h13-28,34,41,46,48,55-56H,4-12,29-33,52H2,1-3H3,(H,53,60)(H,62,63)/t34-,41-,46+,48+/m1/s1. The van der Waals surface area contributed by atoms with Gasteiger partial charge in [-0.2, -0.15) is 0 Å². The van der Waals surface area contributed by atoms with Gasteiger partial charge in [-0.1, -0.05) is 99.5 Å². The van der Waals surface area contributed by atoms with Crippen LogP contribution < -0.4 is 11.1 Å². The van der Waals surface area contributed by atoms with Gasteiger partial charge in [-0.15, -0.1) is 0 Å². The summed E-state index contributed by atoms with van der Waals surface area (Å²) in [6.07, 6.45) is 5.35. The number of aryl methyl sites for hydroxylation is 1. The Hall–Kier alpha value is -6.14. The van der Waals surface area contributed by atoms with E-state index in [1.54, 1.807) is 12.1 Å². The molecular weight excluding hydrogens is 799 g/mol. The van der Waals surface area contributed by atoms with Crippen molar-refractivity contribution in [3.63, 3.8) is 0 Å². The third kappa shape index (κ3) is 15.9. The molecule has 0 saturated heterocycles. The van der Waals surface area contributed by atoms with Gasteiger partial charge in [0.1, 0.15) is 35.1 Å². The maximum Gasteiger partial charge on any atom is 0.326 e. The van der Waals surface area contributed by atoms with E-state index < -0.39 is 47.5 Å². The summed E-state index contributed by atoms with van der Waals surface area (Å²) in [4.78, 5) is 81.4. The van der Waals surface area contributed by atoms with Gasteiger partial charge >= 0.3 is 5.97 Å². The minimum atomic E-state index is -1.30. The summed E-state index contributed by atoms with van der Waals surface area (Å²) in [7, 11) is 1.47. The highest BCUT2D eigenvalue weighted by molar-refractivity contribution is 5.95. The van der Waals surface area contributed by atoms with E-state index in [4.69, 9.17) is 5.73 Å². The molecule has 0 spiro atoms. The number of carbonyl (C=O) groups excluding carboxylic acids is 5. The number of hydrogen-bond acceptors (Lipinski definition) is 9. The number of amides is 2. The SMILES string of the molecule is CCCCc1ccc(-c2ccc(CC(=O)CCCC(=O)C[C@@H](CCCCN)C(=O)N(C)[C@H](C(=O)C[C@@H](C)C(=O)N[C@@H](Cc3ccc(O)cc3)C(=O)O)c3ccc(O)cc3)cc2)cc1. The van der Waals surface area contributed by atoms with Crippen LogP contribution in [-0.4, -0.2) is 75.0 Å². The van der Waals surface area contributed by atoms with Crippen LogP contribution in [-0.2, 0) is 48.0 Å². The number of Topliss-reactive ketones (excluding diaryl/α,β-unsaturated/α-hetero) is 3. The van der Waals surface area contributed by atoms with E-state index >= 15 is 0 Å². The van der Waals surface area contributed by atoms with Crippen LogP contribution in [0.15, 0.2) is 97.1 Å². The first-order valence-electron chi connectivity index (χ1n) is 22.0. The average Bonchev–Trinajstić information content (AvgIpc) is 3.26. The highest BCUT2D eigenvalue weighted by Crippen LogP contribution is 2.29. The Morgan fingerprint density at radius 2 is 1.24 bits per heavy atom. The van der Waals surface area contributed by atoms with Gasteiger partial charge in [0.25, 0.3) is 0 Å². The number of carbonyl (C=O) groups is 6. The van der Waals surface area contributed by atoms with E-state index in [2.05, 4.69) is 36.5 Å². The van der Waals surface area contributed by atoms with Gasteiger partial charge in [0.15, 0.2) is 5.78 Å². The largest absolute Gasteiger partial charge is 0.508 e. The van der Waals surface area contributed by atoms with E-state index in [0.717, 1.165) is 36.0 Å². The molecule has 0 heterocycles. The number of ketones is 3. The lowest BCUT2D eigenvalue weighted by molar-refractivity contribution is -0.144. The Morgan fingerprint density at radius 1 is 0.683 bits per heavy atom. The first kappa shape index (κ1) is 49.5. The maximum absolute atomic E-state index is 14.3. The zero-order valence-corrected chi connectivity index (χ0v) is 36.8. The van der Waals surface area contributed by atoms with Crippen LogP contribution in [0, 0.1) is 11.8 Å². The summed E-state index contributed by atoms with van der Waals surface area (Å²) in [6.45, 7) is 4.07. The lowest BCUT2D eigenvalue weighted by Gasteiger charge is -2.31. The summed E-state index contributed by atoms with van der Waals surface area (Å²) in [5.74, 6) is -4.86. The quantitative estimate of drug-likeness (QED) is 0.0370. The van der Waals surface area contributed by atoms with Crippen LogP contribution in [0.4, 0.5) is 0 Å². The normalized spacial score (nSPS) is 13.0. The molecule has 0 bridgehead atoms. The molecule has 63 heavy (non-hydrogen) atoms. The molecule has 0 aliphatic rings. The van der Waals surface area contributed by atoms with Gasteiger partial charge in [0, 0.05) is 57.4 Å². The van der Waals surface area contributed by atoms with E-state index in [-0.39, 0.29) is 61.6 Å². The Bertz CT molecular complexity index is 2120. The first-order valence-corrected chi connectivity index (χ1v) is 22.0. The molecule has 2 amide bonds. The summed E-state index contributed by atoms with van der Waals surface area (Å²) in [5, 5.41) is 31.9. The highest BCUT2D eigenvalue weighted by atomic mass is 16.4. The third-order valence-corrected chi connectivity index (χ3v) is 11.4. The van der Waals surface area contributed by atoms with Crippen molar-refractivity contribution >= 4 is 35.1 Å². The van der Waals surface area contributed by atoms with Crippen LogP contribution in [0.3, 0.4) is 0 Å². The number of hydrogen-bond donors (Lipinski definition) is 5. The number of rotatable bonds is 27. The highest BCUT2D eigenvalue weighted by Gasteiger charge is 2.35. The second-order valence-electron chi connectivity index (χ2n) is 16.6. The predicted octanol–water partition coefficient (Wildman–Crippen LogP) is 7.70. The molecule has 4 aromatic rings. The molecule has 0 saturated carbocycles. The first-order chi connectivity index (χ1) is 30.2.